The monoisotopic (exact) mass is 174 g/mol. The normalized spacial score (nSPS) is 30.0. The number of ether oxygens (including phenoxy) is 1. The average molecular weight is 174 g/mol. The van der Waals surface area contributed by atoms with Gasteiger partial charge in [0.1, 0.15) is 6.23 Å². The summed E-state index contributed by atoms with van der Waals surface area (Å²) in [5.41, 5.74) is 0. The molecule has 4 nitrogen and oxygen atoms in total. The number of hydrogen-bond donors (Lipinski definition) is 2. The maximum absolute atomic E-state index is 9.25. The van der Waals surface area contributed by atoms with E-state index in [4.69, 9.17) is 4.74 Å². The number of nitrogens with zero attached hydrogens (tertiary/aromatic N) is 1. The minimum atomic E-state index is -0.492. The molecule has 1 rings (SSSR count). The van der Waals surface area contributed by atoms with Gasteiger partial charge in [0, 0.05) is 6.54 Å². The van der Waals surface area contributed by atoms with Crippen molar-refractivity contribution in [3.05, 3.63) is 0 Å². The highest BCUT2D eigenvalue weighted by molar-refractivity contribution is 4.58. The van der Waals surface area contributed by atoms with Crippen LogP contribution < -0.4 is 5.32 Å². The lowest BCUT2D eigenvalue weighted by atomic mass is 10.3. The minimum Gasteiger partial charge on any atom is -0.376 e. The molecule has 1 aliphatic heterocycles. The Morgan fingerprint density at radius 1 is 1.50 bits per heavy atom. The maximum atomic E-state index is 9.25. The van der Waals surface area contributed by atoms with Crippen LogP contribution in [0.2, 0.25) is 0 Å². The molecular formula is C8H18N2O2. The summed E-state index contributed by atoms with van der Waals surface area (Å²) in [6, 6.07) is 0. The molecule has 4 heteroatoms. The molecule has 0 spiro atoms. The first-order valence-electron chi connectivity index (χ1n) is 4.47. The lowest BCUT2D eigenvalue weighted by Crippen LogP contribution is -2.38. The van der Waals surface area contributed by atoms with Crippen molar-refractivity contribution in [1.29, 1.82) is 0 Å². The van der Waals surface area contributed by atoms with Crippen LogP contribution in [0.15, 0.2) is 0 Å². The van der Waals surface area contributed by atoms with Crippen molar-refractivity contribution < 1.29 is 9.84 Å². The highest BCUT2D eigenvalue weighted by Crippen LogP contribution is 1.91. The van der Waals surface area contributed by atoms with Crippen LogP contribution in [0.5, 0.6) is 0 Å². The van der Waals surface area contributed by atoms with E-state index in [9.17, 15) is 5.11 Å². The second kappa shape index (κ2) is 5.48. The minimum absolute atomic E-state index is 0.397. The highest BCUT2D eigenvalue weighted by atomic mass is 16.5. The van der Waals surface area contributed by atoms with E-state index < -0.39 is 6.23 Å². The van der Waals surface area contributed by atoms with E-state index in [2.05, 4.69) is 17.3 Å². The number of nitrogens with one attached hydrogen (secondary N) is 1. The van der Waals surface area contributed by atoms with Gasteiger partial charge in [-0.05, 0) is 26.6 Å². The second-order valence-electron chi connectivity index (χ2n) is 3.20. The molecule has 1 aliphatic rings. The summed E-state index contributed by atoms with van der Waals surface area (Å²) < 4.78 is 5.24. The van der Waals surface area contributed by atoms with E-state index in [0.717, 1.165) is 26.1 Å². The van der Waals surface area contributed by atoms with E-state index in [-0.39, 0.29) is 0 Å². The van der Waals surface area contributed by atoms with Gasteiger partial charge in [-0.15, -0.1) is 0 Å². The first-order chi connectivity index (χ1) is 5.79. The van der Waals surface area contributed by atoms with Crippen molar-refractivity contribution in [2.75, 3.05) is 39.9 Å². The topological polar surface area (TPSA) is 44.7 Å². The Kier molecular flexibility index (Phi) is 4.53. The number of aliphatic hydroxyl groups excluding tert-OH is 1. The van der Waals surface area contributed by atoms with Gasteiger partial charge in [-0.2, -0.15) is 0 Å². The van der Waals surface area contributed by atoms with Gasteiger partial charge < -0.3 is 14.7 Å². The molecule has 0 aromatic heterocycles. The Hall–Kier alpha value is -0.160. The van der Waals surface area contributed by atoms with Crippen LogP contribution in [-0.4, -0.2) is 56.1 Å². The van der Waals surface area contributed by atoms with E-state index >= 15 is 0 Å². The van der Waals surface area contributed by atoms with Gasteiger partial charge in [0.15, 0.2) is 0 Å². The second-order valence-corrected chi connectivity index (χ2v) is 3.20. The number of hydrogen-bond acceptors (Lipinski definition) is 4. The molecule has 1 fully saturated rings. The van der Waals surface area contributed by atoms with Crippen LogP contribution in [0.3, 0.4) is 0 Å². The molecule has 1 unspecified atom stereocenters. The van der Waals surface area contributed by atoms with Gasteiger partial charge in [0.2, 0.25) is 0 Å². The van der Waals surface area contributed by atoms with E-state index in [1.807, 2.05) is 0 Å². The van der Waals surface area contributed by atoms with Crippen LogP contribution >= 0.6 is 0 Å². The van der Waals surface area contributed by atoms with Gasteiger partial charge in [0.05, 0.1) is 13.2 Å². The molecule has 0 saturated carbocycles. The summed E-state index contributed by atoms with van der Waals surface area (Å²) in [5.74, 6) is 0. The third-order valence-corrected chi connectivity index (χ3v) is 1.99. The Bertz CT molecular complexity index is 95.6. The van der Waals surface area contributed by atoms with Crippen LogP contribution in [-0.2, 0) is 4.74 Å². The van der Waals surface area contributed by atoms with Gasteiger partial charge in [0.25, 0.3) is 0 Å². The first kappa shape index (κ1) is 9.92. The van der Waals surface area contributed by atoms with Gasteiger partial charge in [-0.3, -0.25) is 5.32 Å². The summed E-state index contributed by atoms with van der Waals surface area (Å²) in [5, 5.41) is 12.2. The molecule has 0 aliphatic carbocycles. The van der Waals surface area contributed by atoms with Crippen LogP contribution in [0.1, 0.15) is 6.42 Å². The molecule has 1 saturated heterocycles. The van der Waals surface area contributed by atoms with Crippen molar-refractivity contribution in [1.82, 2.24) is 10.2 Å². The zero-order chi connectivity index (χ0) is 8.81. The molecule has 0 bridgehead atoms. The quantitative estimate of drug-likeness (QED) is 0.507. The molecule has 0 radical (unpaired) electrons. The van der Waals surface area contributed by atoms with Crippen molar-refractivity contribution in [3.8, 4) is 0 Å². The number of aliphatic hydroxyl groups is 1. The molecule has 12 heavy (non-hydrogen) atoms. The Morgan fingerprint density at radius 3 is 3.17 bits per heavy atom. The van der Waals surface area contributed by atoms with Crippen molar-refractivity contribution in [3.63, 3.8) is 0 Å². The third kappa shape index (κ3) is 4.01. The lowest BCUT2D eigenvalue weighted by Gasteiger charge is -2.20. The zero-order valence-corrected chi connectivity index (χ0v) is 7.62. The largest absolute Gasteiger partial charge is 0.376 e. The summed E-state index contributed by atoms with van der Waals surface area (Å²) in [7, 11) is 2.08. The zero-order valence-electron chi connectivity index (χ0n) is 7.62. The van der Waals surface area contributed by atoms with E-state index in [1.54, 1.807) is 0 Å². The molecule has 72 valence electrons. The molecule has 0 amide bonds. The smallest absolute Gasteiger partial charge is 0.128 e. The summed E-state index contributed by atoms with van der Waals surface area (Å²) in [4.78, 5) is 2.24. The van der Waals surface area contributed by atoms with E-state index in [0.29, 0.717) is 13.2 Å². The average Bonchev–Trinajstić information content (AvgIpc) is 2.06. The summed E-state index contributed by atoms with van der Waals surface area (Å²) in [6.07, 6.45) is 0.585. The fourth-order valence-corrected chi connectivity index (χ4v) is 1.20. The van der Waals surface area contributed by atoms with Crippen molar-refractivity contribution in [2.45, 2.75) is 12.6 Å². The summed E-state index contributed by atoms with van der Waals surface area (Å²) in [6.45, 7) is 3.97. The number of likely N-dealkylation sites (N-methyl/N-ethyl adjacent to an activating group) is 1. The Morgan fingerprint density at radius 2 is 2.33 bits per heavy atom. The van der Waals surface area contributed by atoms with Gasteiger partial charge >= 0.3 is 0 Å². The SMILES string of the molecule is CN1CCCNC(O)COCC1. The molecule has 2 N–H and O–H groups in total. The molecular weight excluding hydrogens is 156 g/mol. The standard InChI is InChI=1S/C8H18N2O2/c1-10-4-2-3-9-8(11)7-12-6-5-10/h8-9,11H,2-7H2,1H3. The molecule has 0 aromatic carbocycles. The predicted octanol–water partition coefficient (Wildman–Crippen LogP) is -0.753. The molecule has 1 heterocycles. The van der Waals surface area contributed by atoms with Crippen LogP contribution in [0.25, 0.3) is 0 Å². The van der Waals surface area contributed by atoms with Gasteiger partial charge in [-0.25, -0.2) is 0 Å². The maximum Gasteiger partial charge on any atom is 0.128 e. The Balaban J connectivity index is 2.20. The van der Waals surface area contributed by atoms with Gasteiger partial charge in [-0.1, -0.05) is 0 Å². The van der Waals surface area contributed by atoms with Crippen LogP contribution in [0, 0.1) is 0 Å². The molecule has 0 aromatic rings. The summed E-state index contributed by atoms with van der Waals surface area (Å²) >= 11 is 0. The Labute approximate surface area is 73.5 Å². The lowest BCUT2D eigenvalue weighted by molar-refractivity contribution is 0.00811. The molecule has 1 atom stereocenters. The van der Waals surface area contributed by atoms with Crippen molar-refractivity contribution in [2.24, 2.45) is 0 Å². The fraction of sp³-hybridized carbons (Fsp3) is 1.00. The predicted molar refractivity (Wildman–Crippen MR) is 46.9 cm³/mol. The fourth-order valence-electron chi connectivity index (χ4n) is 1.20. The number of rotatable bonds is 0. The third-order valence-electron chi connectivity index (χ3n) is 1.99. The van der Waals surface area contributed by atoms with E-state index in [1.165, 1.54) is 0 Å². The first-order valence-corrected chi connectivity index (χ1v) is 4.47. The van der Waals surface area contributed by atoms with Crippen LogP contribution in [0.4, 0.5) is 0 Å². The highest BCUT2D eigenvalue weighted by Gasteiger charge is 2.06. The van der Waals surface area contributed by atoms with Crippen molar-refractivity contribution >= 4 is 0 Å².